The van der Waals surface area contributed by atoms with Gasteiger partial charge in [0.15, 0.2) is 5.78 Å². The number of carbonyl (C=O) groups excluding carboxylic acids is 1. The van der Waals surface area contributed by atoms with Gasteiger partial charge in [-0.2, -0.15) is 4.98 Å². The first-order valence-electron chi connectivity index (χ1n) is 8.86. The predicted octanol–water partition coefficient (Wildman–Crippen LogP) is 5.04. The SMILES string of the molecule is O=C1C[C@H](c2cccs2)Cc2nc3nc(SCc4cccc(Cl)c4)nn3cc21. The molecule has 1 atom stereocenters. The van der Waals surface area contributed by atoms with Crippen LogP contribution in [0.3, 0.4) is 0 Å². The summed E-state index contributed by atoms with van der Waals surface area (Å²) < 4.78 is 1.61. The fraction of sp³-hybridized carbons (Fsp3) is 0.200. The number of thioether (sulfide) groups is 1. The van der Waals surface area contributed by atoms with E-state index < -0.39 is 0 Å². The standard InChI is InChI=1S/C20H15ClN4OS2/c21-14-4-1-3-12(7-14)11-28-20-23-19-22-16-8-13(18-5-2-6-27-18)9-17(26)15(16)10-25(19)24-20/h1-7,10,13H,8-9,11H2/t13-/m1/s1. The molecule has 0 saturated carbocycles. The summed E-state index contributed by atoms with van der Waals surface area (Å²) >= 11 is 9.26. The van der Waals surface area contributed by atoms with Crippen LogP contribution in [0.15, 0.2) is 53.1 Å². The maximum absolute atomic E-state index is 12.7. The van der Waals surface area contributed by atoms with Crippen molar-refractivity contribution < 1.29 is 4.79 Å². The van der Waals surface area contributed by atoms with Crippen molar-refractivity contribution in [3.8, 4) is 0 Å². The molecule has 3 heterocycles. The van der Waals surface area contributed by atoms with Crippen molar-refractivity contribution in [1.82, 2.24) is 19.6 Å². The predicted molar refractivity (Wildman–Crippen MR) is 112 cm³/mol. The summed E-state index contributed by atoms with van der Waals surface area (Å²) in [6, 6.07) is 11.9. The minimum atomic E-state index is 0.123. The van der Waals surface area contributed by atoms with Gasteiger partial charge >= 0.3 is 0 Å². The van der Waals surface area contributed by atoms with Gasteiger partial charge in [-0.15, -0.1) is 16.4 Å². The minimum Gasteiger partial charge on any atom is -0.294 e. The monoisotopic (exact) mass is 426 g/mol. The number of rotatable bonds is 4. The molecule has 5 nitrogen and oxygen atoms in total. The van der Waals surface area contributed by atoms with Crippen molar-refractivity contribution in [3.63, 3.8) is 0 Å². The first-order valence-corrected chi connectivity index (χ1v) is 11.1. The lowest BCUT2D eigenvalue weighted by atomic mass is 9.86. The zero-order valence-corrected chi connectivity index (χ0v) is 17.1. The Kier molecular flexibility index (Phi) is 4.66. The lowest BCUT2D eigenvalue weighted by Gasteiger charge is -2.21. The van der Waals surface area contributed by atoms with Gasteiger partial charge in [0.05, 0.1) is 11.3 Å². The summed E-state index contributed by atoms with van der Waals surface area (Å²) in [5.74, 6) is 1.58. The molecule has 28 heavy (non-hydrogen) atoms. The van der Waals surface area contributed by atoms with Crippen LogP contribution in [0.25, 0.3) is 5.78 Å². The Morgan fingerprint density at radius 2 is 2.14 bits per heavy atom. The summed E-state index contributed by atoms with van der Waals surface area (Å²) in [6.07, 6.45) is 3.06. The van der Waals surface area contributed by atoms with E-state index in [9.17, 15) is 4.79 Å². The van der Waals surface area contributed by atoms with Gasteiger partial charge in [-0.1, -0.05) is 41.6 Å². The first kappa shape index (κ1) is 17.8. The van der Waals surface area contributed by atoms with E-state index >= 15 is 0 Å². The number of thiophene rings is 1. The average molecular weight is 427 g/mol. The fourth-order valence-electron chi connectivity index (χ4n) is 3.42. The third-order valence-corrected chi connectivity index (χ3v) is 6.94. The molecular formula is C20H15ClN4OS2. The summed E-state index contributed by atoms with van der Waals surface area (Å²) in [5.41, 5.74) is 2.59. The van der Waals surface area contributed by atoms with Crippen LogP contribution in [0.2, 0.25) is 5.02 Å². The van der Waals surface area contributed by atoms with Gasteiger partial charge in [-0.25, -0.2) is 9.50 Å². The molecule has 5 rings (SSSR count). The fourth-order valence-corrected chi connectivity index (χ4v) is 5.24. The van der Waals surface area contributed by atoms with Gasteiger partial charge in [0.25, 0.3) is 5.78 Å². The molecule has 0 N–H and O–H groups in total. The number of hydrogen-bond acceptors (Lipinski definition) is 6. The number of nitrogens with zero attached hydrogens (tertiary/aromatic N) is 4. The first-order chi connectivity index (χ1) is 13.7. The number of aromatic nitrogens is 4. The number of Topliss-reactive ketones (excluding diaryl/α,β-unsaturated/α-hetero) is 1. The molecule has 4 aromatic rings. The van der Waals surface area contributed by atoms with Crippen LogP contribution in [0.4, 0.5) is 0 Å². The number of fused-ring (bicyclic) bond motifs is 2. The number of benzene rings is 1. The normalized spacial score (nSPS) is 16.5. The second-order valence-corrected chi connectivity index (χ2v) is 9.06. The third-order valence-electron chi connectivity index (χ3n) is 4.77. The molecular weight excluding hydrogens is 412 g/mol. The number of carbonyl (C=O) groups is 1. The Balaban J connectivity index is 1.41. The van der Waals surface area contributed by atoms with Gasteiger partial charge in [-0.05, 0) is 35.6 Å². The molecule has 1 aliphatic rings. The van der Waals surface area contributed by atoms with Crippen LogP contribution in [-0.2, 0) is 12.2 Å². The van der Waals surface area contributed by atoms with Gasteiger partial charge in [0.1, 0.15) is 0 Å². The second kappa shape index (κ2) is 7.31. The van der Waals surface area contributed by atoms with Crippen molar-refractivity contribution in [2.24, 2.45) is 0 Å². The molecule has 8 heteroatoms. The minimum absolute atomic E-state index is 0.123. The van der Waals surface area contributed by atoms with E-state index in [4.69, 9.17) is 11.6 Å². The second-order valence-electron chi connectivity index (χ2n) is 6.70. The smallest absolute Gasteiger partial charge is 0.253 e. The topological polar surface area (TPSA) is 60.2 Å². The van der Waals surface area contributed by atoms with E-state index in [1.165, 1.54) is 16.6 Å². The van der Waals surface area contributed by atoms with E-state index in [0.29, 0.717) is 27.9 Å². The molecule has 0 spiro atoms. The van der Waals surface area contributed by atoms with E-state index in [1.54, 1.807) is 22.0 Å². The van der Waals surface area contributed by atoms with Gasteiger partial charge in [-0.3, -0.25) is 4.79 Å². The van der Waals surface area contributed by atoms with Crippen molar-refractivity contribution in [2.45, 2.75) is 29.7 Å². The molecule has 140 valence electrons. The van der Waals surface area contributed by atoms with Crippen LogP contribution in [0, 0.1) is 0 Å². The molecule has 1 aromatic carbocycles. The summed E-state index contributed by atoms with van der Waals surface area (Å²) in [4.78, 5) is 23.1. The van der Waals surface area contributed by atoms with Crippen LogP contribution in [-0.4, -0.2) is 25.4 Å². The summed E-state index contributed by atoms with van der Waals surface area (Å²) in [7, 11) is 0. The van der Waals surface area contributed by atoms with Crippen LogP contribution in [0.1, 0.15) is 38.8 Å². The highest BCUT2D eigenvalue weighted by Gasteiger charge is 2.29. The Labute approximate surface area is 174 Å². The Morgan fingerprint density at radius 3 is 2.96 bits per heavy atom. The summed E-state index contributed by atoms with van der Waals surface area (Å²) in [6.45, 7) is 0. The number of halogens is 1. The molecule has 0 saturated heterocycles. The van der Waals surface area contributed by atoms with Crippen molar-refractivity contribution >= 4 is 46.3 Å². The van der Waals surface area contributed by atoms with Crippen LogP contribution >= 0.6 is 34.7 Å². The van der Waals surface area contributed by atoms with Gasteiger partial charge in [0.2, 0.25) is 5.16 Å². The van der Waals surface area contributed by atoms with Crippen LogP contribution < -0.4 is 0 Å². The Morgan fingerprint density at radius 1 is 1.21 bits per heavy atom. The van der Waals surface area contributed by atoms with E-state index in [2.05, 4.69) is 21.1 Å². The zero-order valence-electron chi connectivity index (χ0n) is 14.7. The van der Waals surface area contributed by atoms with Crippen LogP contribution in [0.5, 0.6) is 0 Å². The van der Waals surface area contributed by atoms with Gasteiger partial charge in [0, 0.05) is 34.2 Å². The molecule has 0 radical (unpaired) electrons. The van der Waals surface area contributed by atoms with E-state index in [-0.39, 0.29) is 11.7 Å². The Bertz CT molecular complexity index is 1170. The van der Waals surface area contributed by atoms with Crippen molar-refractivity contribution in [2.75, 3.05) is 0 Å². The zero-order chi connectivity index (χ0) is 19.1. The number of hydrogen-bond donors (Lipinski definition) is 0. The number of ketones is 1. The lowest BCUT2D eigenvalue weighted by molar-refractivity contribution is 0.0963. The highest BCUT2D eigenvalue weighted by atomic mass is 35.5. The lowest BCUT2D eigenvalue weighted by Crippen LogP contribution is -2.20. The Hall–Kier alpha value is -2.22. The van der Waals surface area contributed by atoms with Crippen molar-refractivity contribution in [3.05, 3.63) is 74.7 Å². The van der Waals surface area contributed by atoms with Crippen molar-refractivity contribution in [1.29, 1.82) is 0 Å². The van der Waals surface area contributed by atoms with Gasteiger partial charge < -0.3 is 0 Å². The quantitative estimate of drug-likeness (QED) is 0.427. The molecule has 0 amide bonds. The molecule has 0 aliphatic heterocycles. The van der Waals surface area contributed by atoms with E-state index in [1.807, 2.05) is 35.7 Å². The molecule has 0 unspecified atom stereocenters. The molecule has 1 aliphatic carbocycles. The summed E-state index contributed by atoms with van der Waals surface area (Å²) in [5, 5.41) is 7.89. The van der Waals surface area contributed by atoms with E-state index in [0.717, 1.165) is 23.4 Å². The largest absolute Gasteiger partial charge is 0.294 e. The molecule has 3 aromatic heterocycles. The molecule has 0 fully saturated rings. The maximum Gasteiger partial charge on any atom is 0.253 e. The highest BCUT2D eigenvalue weighted by Crippen LogP contribution is 2.34. The highest BCUT2D eigenvalue weighted by molar-refractivity contribution is 7.98. The third kappa shape index (κ3) is 3.45. The average Bonchev–Trinajstić information content (AvgIpc) is 3.34. The maximum atomic E-state index is 12.7. The molecule has 0 bridgehead atoms.